The molecule has 0 aromatic heterocycles. The molecule has 1 aliphatic rings. The molecule has 2 N–H and O–H groups in total. The number of carbonyl (C=O) groups is 2. The van der Waals surface area contributed by atoms with Gasteiger partial charge in [0.05, 0.1) is 6.61 Å². The number of nitrogens with zero attached hydrogens (tertiary/aromatic N) is 1. The molecule has 0 radical (unpaired) electrons. The summed E-state index contributed by atoms with van der Waals surface area (Å²) in [6.45, 7) is 3.15. The molecule has 6 nitrogen and oxygen atoms in total. The van der Waals surface area contributed by atoms with Crippen LogP contribution in [0.1, 0.15) is 5.56 Å². The zero-order valence-corrected chi connectivity index (χ0v) is 12.2. The molecular weight excluding hydrogens is 270 g/mol. The number of amides is 2. The zero-order chi connectivity index (χ0) is 15.1. The van der Waals surface area contributed by atoms with Gasteiger partial charge in [-0.25, -0.2) is 0 Å². The minimum absolute atomic E-state index is 0.474. The quantitative estimate of drug-likeness (QED) is 0.780. The van der Waals surface area contributed by atoms with E-state index < -0.39 is 11.8 Å². The number of carbonyl (C=O) groups excluding carboxylic acids is 2. The van der Waals surface area contributed by atoms with E-state index in [1.165, 1.54) is 0 Å². The fourth-order valence-corrected chi connectivity index (χ4v) is 2.26. The molecule has 0 spiro atoms. The van der Waals surface area contributed by atoms with Crippen LogP contribution in [0.25, 0.3) is 0 Å². The topological polar surface area (TPSA) is 70.7 Å². The van der Waals surface area contributed by atoms with Crippen molar-refractivity contribution in [1.29, 1.82) is 0 Å². The molecule has 2 rings (SSSR count). The predicted octanol–water partition coefficient (Wildman–Crippen LogP) is 0.246. The van der Waals surface area contributed by atoms with Gasteiger partial charge in [0, 0.05) is 39.0 Å². The fraction of sp³-hybridized carbons (Fsp3) is 0.467. The van der Waals surface area contributed by atoms with E-state index in [0.717, 1.165) is 18.7 Å². The van der Waals surface area contributed by atoms with Crippen molar-refractivity contribution in [2.24, 2.45) is 0 Å². The van der Waals surface area contributed by atoms with E-state index in [1.807, 2.05) is 18.2 Å². The van der Waals surface area contributed by atoms with Crippen molar-refractivity contribution in [1.82, 2.24) is 10.2 Å². The van der Waals surface area contributed by atoms with Gasteiger partial charge in [-0.2, -0.15) is 0 Å². The van der Waals surface area contributed by atoms with E-state index in [2.05, 4.69) is 10.6 Å². The monoisotopic (exact) mass is 291 g/mol. The molecule has 21 heavy (non-hydrogen) atoms. The molecule has 0 aliphatic carbocycles. The lowest BCUT2D eigenvalue weighted by Gasteiger charge is -2.26. The summed E-state index contributed by atoms with van der Waals surface area (Å²) in [5.41, 5.74) is 1.63. The minimum Gasteiger partial charge on any atom is -0.384 e. The lowest BCUT2D eigenvalue weighted by atomic mass is 10.1. The van der Waals surface area contributed by atoms with Gasteiger partial charge in [0.2, 0.25) is 0 Å². The summed E-state index contributed by atoms with van der Waals surface area (Å²) in [7, 11) is 1.63. The number of nitrogens with one attached hydrogen (secondary N) is 2. The summed E-state index contributed by atoms with van der Waals surface area (Å²) >= 11 is 0. The molecule has 1 heterocycles. The first-order valence-corrected chi connectivity index (χ1v) is 7.10. The Morgan fingerprint density at radius 3 is 2.71 bits per heavy atom. The summed E-state index contributed by atoms with van der Waals surface area (Å²) in [6, 6.07) is 7.46. The first-order valence-electron chi connectivity index (χ1n) is 7.10. The normalized spacial score (nSPS) is 14.8. The third-order valence-electron chi connectivity index (χ3n) is 3.44. The Kier molecular flexibility index (Phi) is 5.71. The number of anilines is 1. The first-order chi connectivity index (χ1) is 10.2. The van der Waals surface area contributed by atoms with E-state index in [9.17, 15) is 9.59 Å². The van der Waals surface area contributed by atoms with E-state index >= 15 is 0 Å². The summed E-state index contributed by atoms with van der Waals surface area (Å²) in [5, 5.41) is 5.86. The SMILES string of the molecule is COCCc1ccccc1NC(=O)C(=O)N1CCNCC1. The molecule has 1 aliphatic heterocycles. The van der Waals surface area contributed by atoms with Crippen LogP contribution >= 0.6 is 0 Å². The number of methoxy groups -OCH3 is 1. The smallest absolute Gasteiger partial charge is 0.313 e. The van der Waals surface area contributed by atoms with E-state index in [0.29, 0.717) is 31.8 Å². The maximum absolute atomic E-state index is 12.1. The second-order valence-corrected chi connectivity index (χ2v) is 4.90. The molecule has 1 aromatic carbocycles. The van der Waals surface area contributed by atoms with Crippen LogP contribution in [0.15, 0.2) is 24.3 Å². The van der Waals surface area contributed by atoms with Gasteiger partial charge in [-0.1, -0.05) is 18.2 Å². The third kappa shape index (κ3) is 4.27. The molecule has 1 fully saturated rings. The van der Waals surface area contributed by atoms with E-state index in [-0.39, 0.29) is 0 Å². The Morgan fingerprint density at radius 2 is 2.00 bits per heavy atom. The number of para-hydroxylation sites is 1. The summed E-state index contributed by atoms with van der Waals surface area (Å²) in [5.74, 6) is -1.06. The van der Waals surface area contributed by atoms with Crippen LogP contribution < -0.4 is 10.6 Å². The highest BCUT2D eigenvalue weighted by Gasteiger charge is 2.23. The van der Waals surface area contributed by atoms with Crippen LogP contribution in [0.5, 0.6) is 0 Å². The van der Waals surface area contributed by atoms with E-state index in [4.69, 9.17) is 4.74 Å². The highest BCUT2D eigenvalue weighted by Crippen LogP contribution is 2.16. The van der Waals surface area contributed by atoms with Gasteiger partial charge in [0.15, 0.2) is 0 Å². The summed E-state index contributed by atoms with van der Waals surface area (Å²) in [6.07, 6.45) is 0.689. The van der Waals surface area contributed by atoms with Crippen molar-refractivity contribution in [2.45, 2.75) is 6.42 Å². The molecule has 1 saturated heterocycles. The molecule has 0 unspecified atom stereocenters. The number of piperazine rings is 1. The van der Waals surface area contributed by atoms with Crippen molar-refractivity contribution in [3.8, 4) is 0 Å². The van der Waals surface area contributed by atoms with Crippen LogP contribution in [-0.4, -0.2) is 56.6 Å². The van der Waals surface area contributed by atoms with Crippen molar-refractivity contribution < 1.29 is 14.3 Å². The standard InChI is InChI=1S/C15H21N3O3/c1-21-11-6-12-4-2-3-5-13(12)17-14(19)15(20)18-9-7-16-8-10-18/h2-5,16H,6-11H2,1H3,(H,17,19). The largest absolute Gasteiger partial charge is 0.384 e. The van der Waals surface area contributed by atoms with Gasteiger partial charge in [0.25, 0.3) is 0 Å². The van der Waals surface area contributed by atoms with Crippen LogP contribution in [0.3, 0.4) is 0 Å². The second kappa shape index (κ2) is 7.75. The lowest BCUT2D eigenvalue weighted by Crippen LogP contribution is -2.49. The summed E-state index contributed by atoms with van der Waals surface area (Å²) < 4.78 is 5.05. The van der Waals surface area contributed by atoms with Gasteiger partial charge in [-0.3, -0.25) is 9.59 Å². The number of rotatable bonds is 4. The Morgan fingerprint density at radius 1 is 1.29 bits per heavy atom. The molecule has 1 aromatic rings. The minimum atomic E-state index is -0.582. The first kappa shape index (κ1) is 15.5. The fourth-order valence-electron chi connectivity index (χ4n) is 2.26. The zero-order valence-electron chi connectivity index (χ0n) is 12.2. The Balaban J connectivity index is 2.00. The number of hydrogen-bond donors (Lipinski definition) is 2. The molecule has 0 bridgehead atoms. The highest BCUT2D eigenvalue weighted by atomic mass is 16.5. The van der Waals surface area contributed by atoms with Gasteiger partial charge >= 0.3 is 11.8 Å². The average molecular weight is 291 g/mol. The average Bonchev–Trinajstić information content (AvgIpc) is 2.54. The van der Waals surface area contributed by atoms with Crippen molar-refractivity contribution in [3.05, 3.63) is 29.8 Å². The summed E-state index contributed by atoms with van der Waals surface area (Å²) in [4.78, 5) is 25.7. The number of benzene rings is 1. The van der Waals surface area contributed by atoms with Crippen LogP contribution in [0.2, 0.25) is 0 Å². The Hall–Kier alpha value is -1.92. The predicted molar refractivity (Wildman–Crippen MR) is 80.1 cm³/mol. The van der Waals surface area contributed by atoms with Crippen LogP contribution in [0, 0.1) is 0 Å². The lowest BCUT2D eigenvalue weighted by molar-refractivity contribution is -0.143. The van der Waals surface area contributed by atoms with Gasteiger partial charge < -0.3 is 20.3 Å². The maximum Gasteiger partial charge on any atom is 0.313 e. The van der Waals surface area contributed by atoms with E-state index in [1.54, 1.807) is 18.1 Å². The highest BCUT2D eigenvalue weighted by molar-refractivity contribution is 6.39. The number of ether oxygens (including phenoxy) is 1. The van der Waals surface area contributed by atoms with Gasteiger partial charge in [-0.05, 0) is 18.1 Å². The van der Waals surface area contributed by atoms with Crippen LogP contribution in [-0.2, 0) is 20.7 Å². The van der Waals surface area contributed by atoms with Crippen molar-refractivity contribution in [2.75, 3.05) is 45.2 Å². The molecule has 6 heteroatoms. The molecule has 2 amide bonds. The number of hydrogen-bond acceptors (Lipinski definition) is 4. The molecule has 114 valence electrons. The second-order valence-electron chi connectivity index (χ2n) is 4.90. The molecular formula is C15H21N3O3. The Labute approximate surface area is 124 Å². The third-order valence-corrected chi connectivity index (χ3v) is 3.44. The van der Waals surface area contributed by atoms with Gasteiger partial charge in [-0.15, -0.1) is 0 Å². The van der Waals surface area contributed by atoms with Gasteiger partial charge in [0.1, 0.15) is 0 Å². The molecule has 0 atom stereocenters. The molecule has 0 saturated carbocycles. The Bertz CT molecular complexity index is 499. The van der Waals surface area contributed by atoms with Crippen LogP contribution in [0.4, 0.5) is 5.69 Å². The van der Waals surface area contributed by atoms with Crippen molar-refractivity contribution in [3.63, 3.8) is 0 Å². The maximum atomic E-state index is 12.1. The van der Waals surface area contributed by atoms with Crippen molar-refractivity contribution >= 4 is 17.5 Å².